The number of hydrogen-bond acceptors (Lipinski definition) is 5. The molecule has 0 bridgehead atoms. The first-order valence-electron chi connectivity index (χ1n) is 33.3. The molecule has 0 aromatic heterocycles. The number of ether oxygens (including phenoxy) is 1. The first-order valence-corrected chi connectivity index (χ1v) is 33.3. The minimum atomic E-state index is -0.847. The van der Waals surface area contributed by atoms with Gasteiger partial charge in [-0.25, -0.2) is 0 Å². The minimum Gasteiger partial charge on any atom is -0.466 e. The van der Waals surface area contributed by atoms with Crippen molar-refractivity contribution in [2.24, 2.45) is 0 Å². The summed E-state index contributed by atoms with van der Waals surface area (Å²) in [5.41, 5.74) is 0. The fraction of sp³-hybridized carbons (Fsp3) is 0.882. The fourth-order valence-electron chi connectivity index (χ4n) is 10.3. The predicted octanol–water partition coefficient (Wildman–Crippen LogP) is 21.1. The Morgan fingerprint density at radius 2 is 0.635 bits per heavy atom. The van der Waals surface area contributed by atoms with Gasteiger partial charge in [0.2, 0.25) is 5.91 Å². The van der Waals surface area contributed by atoms with E-state index in [9.17, 15) is 19.8 Å². The van der Waals surface area contributed by atoms with Gasteiger partial charge in [-0.3, -0.25) is 9.59 Å². The monoisotopic (exact) mass is 1040 g/mol. The van der Waals surface area contributed by atoms with Gasteiger partial charge in [0.05, 0.1) is 25.4 Å². The molecule has 0 saturated carbocycles. The summed E-state index contributed by atoms with van der Waals surface area (Å²) in [6.07, 6.45) is 80.6. The molecule has 0 aromatic rings. The van der Waals surface area contributed by atoms with Crippen LogP contribution in [0, 0.1) is 0 Å². The van der Waals surface area contributed by atoms with Gasteiger partial charge in [-0.15, -0.1) is 0 Å². The molecular weight excluding hydrogens is 911 g/mol. The van der Waals surface area contributed by atoms with Gasteiger partial charge in [0, 0.05) is 12.8 Å². The second-order valence-corrected chi connectivity index (χ2v) is 22.8. The van der Waals surface area contributed by atoms with Crippen molar-refractivity contribution >= 4 is 11.9 Å². The van der Waals surface area contributed by atoms with E-state index in [1.807, 2.05) is 6.08 Å². The van der Waals surface area contributed by atoms with E-state index in [-0.39, 0.29) is 18.5 Å². The van der Waals surface area contributed by atoms with E-state index in [4.69, 9.17) is 4.74 Å². The van der Waals surface area contributed by atoms with Crippen molar-refractivity contribution in [2.75, 3.05) is 13.2 Å². The Hall–Kier alpha value is -1.92. The Morgan fingerprint density at radius 3 is 0.959 bits per heavy atom. The Balaban J connectivity index is 3.42. The number of carbonyl (C=O) groups is 2. The maximum Gasteiger partial charge on any atom is 0.305 e. The van der Waals surface area contributed by atoms with Crippen LogP contribution in [0.15, 0.2) is 36.5 Å². The van der Waals surface area contributed by atoms with Crippen molar-refractivity contribution in [3.8, 4) is 0 Å². The lowest BCUT2D eigenvalue weighted by Crippen LogP contribution is -2.45. The third-order valence-corrected chi connectivity index (χ3v) is 15.4. The summed E-state index contributed by atoms with van der Waals surface area (Å²) in [6, 6.07) is -0.631. The molecule has 0 radical (unpaired) electrons. The van der Waals surface area contributed by atoms with E-state index in [0.29, 0.717) is 19.4 Å². The highest BCUT2D eigenvalue weighted by Gasteiger charge is 2.18. The minimum absolute atomic E-state index is 0.00468. The topological polar surface area (TPSA) is 95.9 Å². The maximum atomic E-state index is 12.5. The molecule has 6 nitrogen and oxygen atoms in total. The van der Waals surface area contributed by atoms with Crippen LogP contribution in [0.4, 0.5) is 0 Å². The van der Waals surface area contributed by atoms with Crippen LogP contribution in [0.1, 0.15) is 361 Å². The number of aliphatic hydroxyl groups excluding tert-OH is 2. The molecule has 2 unspecified atom stereocenters. The van der Waals surface area contributed by atoms with Crippen molar-refractivity contribution in [1.29, 1.82) is 0 Å². The summed E-state index contributed by atoms with van der Waals surface area (Å²) < 4.78 is 5.48. The Morgan fingerprint density at radius 1 is 0.365 bits per heavy atom. The van der Waals surface area contributed by atoms with Crippen molar-refractivity contribution in [3.63, 3.8) is 0 Å². The normalized spacial score (nSPS) is 12.8. The molecule has 0 spiro atoms. The van der Waals surface area contributed by atoms with E-state index in [1.165, 1.54) is 289 Å². The van der Waals surface area contributed by atoms with Crippen molar-refractivity contribution < 1.29 is 24.5 Å². The molecule has 0 aliphatic rings. The molecule has 0 saturated heterocycles. The molecule has 0 aromatic carbocycles. The van der Waals surface area contributed by atoms with Crippen LogP contribution in [-0.2, 0) is 14.3 Å². The Bertz CT molecular complexity index is 1200. The predicted molar refractivity (Wildman–Crippen MR) is 324 cm³/mol. The number of nitrogens with one attached hydrogen (secondary N) is 1. The van der Waals surface area contributed by atoms with Gasteiger partial charge in [-0.1, -0.05) is 301 Å². The van der Waals surface area contributed by atoms with Crippen molar-refractivity contribution in [3.05, 3.63) is 36.5 Å². The largest absolute Gasteiger partial charge is 0.466 e. The average Bonchev–Trinajstić information content (AvgIpc) is 3.40. The molecule has 436 valence electrons. The molecule has 6 heteroatoms. The first-order chi connectivity index (χ1) is 36.5. The smallest absolute Gasteiger partial charge is 0.305 e. The molecule has 0 aliphatic heterocycles. The standard InChI is InChI=1S/C68H129NO5/c1-3-5-7-9-11-13-15-17-19-20-30-33-36-40-44-48-52-56-60-66(71)65(64-70)69-67(72)61-57-53-49-45-41-37-34-31-28-26-24-22-21-23-25-27-29-32-35-39-43-47-51-55-59-63-74-68(73)62-58-54-50-46-42-38-18-16-14-12-10-8-6-4-2/h16,18,22,24,56,60,65-66,70-71H,3-15,17,19-21,23,25-55,57-59,61-64H2,1-2H3,(H,69,72)/b18-16-,24-22-,60-56+. The lowest BCUT2D eigenvalue weighted by atomic mass is 10.0. The van der Waals surface area contributed by atoms with Crippen molar-refractivity contribution in [1.82, 2.24) is 5.32 Å². The van der Waals surface area contributed by atoms with Gasteiger partial charge in [-0.2, -0.15) is 0 Å². The number of hydrogen-bond donors (Lipinski definition) is 3. The zero-order chi connectivity index (χ0) is 53.6. The van der Waals surface area contributed by atoms with Crippen LogP contribution in [0.25, 0.3) is 0 Å². The molecule has 3 N–H and O–H groups in total. The summed E-state index contributed by atoms with van der Waals surface area (Å²) >= 11 is 0. The van der Waals surface area contributed by atoms with E-state index in [2.05, 4.69) is 43.5 Å². The molecule has 0 rings (SSSR count). The third kappa shape index (κ3) is 59.3. The molecule has 1 amide bonds. The number of aliphatic hydroxyl groups is 2. The fourth-order valence-corrected chi connectivity index (χ4v) is 10.3. The number of esters is 1. The summed E-state index contributed by atoms with van der Waals surface area (Å²) in [6.45, 7) is 4.91. The molecule has 0 fully saturated rings. The highest BCUT2D eigenvalue weighted by molar-refractivity contribution is 5.76. The van der Waals surface area contributed by atoms with Gasteiger partial charge in [0.1, 0.15) is 0 Å². The summed E-state index contributed by atoms with van der Waals surface area (Å²) in [4.78, 5) is 24.5. The quantitative estimate of drug-likeness (QED) is 0.0320. The van der Waals surface area contributed by atoms with Gasteiger partial charge < -0.3 is 20.3 Å². The van der Waals surface area contributed by atoms with Crippen molar-refractivity contribution in [2.45, 2.75) is 373 Å². The summed E-state index contributed by atoms with van der Waals surface area (Å²) in [5, 5.41) is 23.2. The first kappa shape index (κ1) is 72.1. The highest BCUT2D eigenvalue weighted by atomic mass is 16.5. The lowest BCUT2D eigenvalue weighted by molar-refractivity contribution is -0.143. The van der Waals surface area contributed by atoms with Gasteiger partial charge in [0.15, 0.2) is 0 Å². The Kier molecular flexibility index (Phi) is 62.0. The molecule has 0 aliphatic carbocycles. The molecule has 74 heavy (non-hydrogen) atoms. The number of allylic oxidation sites excluding steroid dienone is 5. The van der Waals surface area contributed by atoms with Crippen LogP contribution >= 0.6 is 0 Å². The van der Waals surface area contributed by atoms with Crippen LogP contribution < -0.4 is 5.32 Å². The summed E-state index contributed by atoms with van der Waals surface area (Å²) in [7, 11) is 0. The van der Waals surface area contributed by atoms with E-state index < -0.39 is 12.1 Å². The second-order valence-electron chi connectivity index (χ2n) is 22.8. The van der Waals surface area contributed by atoms with E-state index in [0.717, 1.165) is 44.9 Å². The maximum absolute atomic E-state index is 12.5. The number of amides is 1. The van der Waals surface area contributed by atoms with Crippen LogP contribution in [-0.4, -0.2) is 47.4 Å². The zero-order valence-electron chi connectivity index (χ0n) is 49.8. The number of carbonyl (C=O) groups excluding carboxylic acids is 2. The SMILES string of the molecule is CCCCCCC/C=C\CCCCCCCC(=O)OCCCCCCCCCCCCCC/C=C\CCCCCCCCCCCC(=O)NC(CO)C(O)/C=C/CCCCCCCCCCCCCCCCCC. The Labute approximate surface area is 462 Å². The average molecular weight is 1040 g/mol. The van der Waals surface area contributed by atoms with Crippen LogP contribution in [0.2, 0.25) is 0 Å². The van der Waals surface area contributed by atoms with Gasteiger partial charge in [-0.05, 0) is 83.5 Å². The zero-order valence-corrected chi connectivity index (χ0v) is 49.8. The number of rotatable bonds is 62. The van der Waals surface area contributed by atoms with Crippen LogP contribution in [0.5, 0.6) is 0 Å². The highest BCUT2D eigenvalue weighted by Crippen LogP contribution is 2.17. The second kappa shape index (κ2) is 63.6. The van der Waals surface area contributed by atoms with Gasteiger partial charge >= 0.3 is 5.97 Å². The van der Waals surface area contributed by atoms with E-state index in [1.54, 1.807) is 6.08 Å². The van der Waals surface area contributed by atoms with E-state index >= 15 is 0 Å². The van der Waals surface area contributed by atoms with Crippen LogP contribution in [0.3, 0.4) is 0 Å². The third-order valence-electron chi connectivity index (χ3n) is 15.4. The molecular formula is C68H129NO5. The molecule has 2 atom stereocenters. The lowest BCUT2D eigenvalue weighted by Gasteiger charge is -2.20. The van der Waals surface area contributed by atoms with Gasteiger partial charge in [0.25, 0.3) is 0 Å². The number of unbranched alkanes of at least 4 members (excludes halogenated alkanes) is 47. The summed E-state index contributed by atoms with van der Waals surface area (Å²) in [5.74, 6) is -0.0640. The molecule has 0 heterocycles.